The van der Waals surface area contributed by atoms with Gasteiger partial charge in [-0.15, -0.1) is 0 Å². The van der Waals surface area contributed by atoms with Gasteiger partial charge in [-0.25, -0.2) is 10.2 Å². The van der Waals surface area contributed by atoms with Gasteiger partial charge in [-0.05, 0) is 49.1 Å². The van der Waals surface area contributed by atoms with Gasteiger partial charge in [0.25, 0.3) is 5.91 Å². The minimum Gasteiger partial charge on any atom is -0.492 e. The SMILES string of the molecule is CCOc1ccccc1NC(=O)NNC(=O)[C@@H](C)Oc1ccc(C(C)(C)C)cc1. The van der Waals surface area contributed by atoms with E-state index in [2.05, 4.69) is 36.9 Å². The summed E-state index contributed by atoms with van der Waals surface area (Å²) in [6.45, 7) is 10.3. The fourth-order valence-electron chi connectivity index (χ4n) is 2.52. The molecule has 3 amide bonds. The summed E-state index contributed by atoms with van der Waals surface area (Å²) in [5.74, 6) is 0.653. The zero-order valence-electron chi connectivity index (χ0n) is 17.5. The molecule has 7 nitrogen and oxygen atoms in total. The molecule has 0 heterocycles. The minimum absolute atomic E-state index is 0.0413. The molecule has 0 unspecified atom stereocenters. The molecule has 0 fully saturated rings. The third-order valence-corrected chi connectivity index (χ3v) is 4.14. The molecular formula is C22H29N3O4. The van der Waals surface area contributed by atoms with E-state index in [0.29, 0.717) is 23.8 Å². The second kappa shape index (κ2) is 9.82. The lowest BCUT2D eigenvalue weighted by Crippen LogP contribution is -2.48. The van der Waals surface area contributed by atoms with Gasteiger partial charge in [0.05, 0.1) is 12.3 Å². The summed E-state index contributed by atoms with van der Waals surface area (Å²) in [6, 6.07) is 14.1. The minimum atomic E-state index is -0.786. The molecule has 3 N–H and O–H groups in total. The van der Waals surface area contributed by atoms with Crippen LogP contribution in [-0.4, -0.2) is 24.6 Å². The van der Waals surface area contributed by atoms with Crippen molar-refractivity contribution >= 4 is 17.6 Å². The zero-order chi connectivity index (χ0) is 21.4. The molecule has 0 radical (unpaired) electrons. The number of hydrazine groups is 1. The maximum Gasteiger partial charge on any atom is 0.338 e. The van der Waals surface area contributed by atoms with Crippen molar-refractivity contribution in [3.8, 4) is 11.5 Å². The lowest BCUT2D eigenvalue weighted by Gasteiger charge is -2.20. The molecule has 2 aromatic rings. The molecular weight excluding hydrogens is 370 g/mol. The standard InChI is InChI=1S/C22H29N3O4/c1-6-28-19-10-8-7-9-18(19)23-21(27)25-24-20(26)15(2)29-17-13-11-16(12-14-17)22(3,4)5/h7-15H,6H2,1-5H3,(H,24,26)(H2,23,25,27)/t15-/m1/s1. The molecule has 2 aromatic carbocycles. The molecule has 0 spiro atoms. The molecule has 0 saturated heterocycles. The number of nitrogens with one attached hydrogen (secondary N) is 3. The van der Waals surface area contributed by atoms with Crippen LogP contribution in [0.5, 0.6) is 11.5 Å². The predicted octanol–water partition coefficient (Wildman–Crippen LogP) is 4.00. The van der Waals surface area contributed by atoms with Gasteiger partial charge in [0.15, 0.2) is 6.10 Å². The van der Waals surface area contributed by atoms with E-state index in [1.165, 1.54) is 5.56 Å². The second-order valence-corrected chi connectivity index (χ2v) is 7.53. The van der Waals surface area contributed by atoms with Crippen LogP contribution in [0.1, 0.15) is 40.2 Å². The Morgan fingerprint density at radius 3 is 2.28 bits per heavy atom. The number of hydrogen-bond donors (Lipinski definition) is 3. The average molecular weight is 399 g/mol. The normalized spacial score (nSPS) is 11.9. The molecule has 0 bridgehead atoms. The fraction of sp³-hybridized carbons (Fsp3) is 0.364. The summed E-state index contributed by atoms with van der Waals surface area (Å²) in [5, 5.41) is 2.63. The van der Waals surface area contributed by atoms with Crippen molar-refractivity contribution in [2.24, 2.45) is 0 Å². The van der Waals surface area contributed by atoms with Crippen LogP contribution >= 0.6 is 0 Å². The number of urea groups is 1. The zero-order valence-corrected chi connectivity index (χ0v) is 17.5. The Hall–Kier alpha value is -3.22. The molecule has 29 heavy (non-hydrogen) atoms. The monoisotopic (exact) mass is 399 g/mol. The summed E-state index contributed by atoms with van der Waals surface area (Å²) in [5.41, 5.74) is 6.37. The Kier molecular flexibility index (Phi) is 7.47. The Labute approximate surface area is 171 Å². The highest BCUT2D eigenvalue weighted by atomic mass is 16.5. The highest BCUT2D eigenvalue weighted by Gasteiger charge is 2.17. The number of carbonyl (C=O) groups excluding carboxylic acids is 2. The van der Waals surface area contributed by atoms with Gasteiger partial charge >= 0.3 is 6.03 Å². The number of hydrogen-bond acceptors (Lipinski definition) is 4. The largest absolute Gasteiger partial charge is 0.492 e. The summed E-state index contributed by atoms with van der Waals surface area (Å²) >= 11 is 0. The van der Waals surface area contributed by atoms with Gasteiger partial charge in [0.1, 0.15) is 11.5 Å². The van der Waals surface area contributed by atoms with Gasteiger partial charge < -0.3 is 14.8 Å². The number of carbonyl (C=O) groups is 2. The number of amides is 3. The van der Waals surface area contributed by atoms with Crippen molar-refractivity contribution in [3.05, 3.63) is 54.1 Å². The first kappa shape index (κ1) is 22.1. The van der Waals surface area contributed by atoms with Crippen LogP contribution in [0.15, 0.2) is 48.5 Å². The quantitative estimate of drug-likeness (QED) is 0.641. The van der Waals surface area contributed by atoms with E-state index in [-0.39, 0.29) is 5.41 Å². The number of rotatable bonds is 6. The third kappa shape index (κ3) is 6.71. The van der Waals surface area contributed by atoms with Crippen molar-refractivity contribution in [1.29, 1.82) is 0 Å². The van der Waals surface area contributed by atoms with Crippen LogP contribution in [-0.2, 0) is 10.2 Å². The van der Waals surface area contributed by atoms with Crippen molar-refractivity contribution in [2.45, 2.75) is 46.1 Å². The summed E-state index contributed by atoms with van der Waals surface area (Å²) < 4.78 is 11.1. The number of anilines is 1. The van der Waals surface area contributed by atoms with E-state index in [4.69, 9.17) is 9.47 Å². The first-order valence-electron chi connectivity index (χ1n) is 9.56. The van der Waals surface area contributed by atoms with Crippen molar-refractivity contribution in [3.63, 3.8) is 0 Å². The summed E-state index contributed by atoms with van der Waals surface area (Å²) in [7, 11) is 0. The first-order chi connectivity index (χ1) is 13.7. The highest BCUT2D eigenvalue weighted by molar-refractivity contribution is 5.92. The van der Waals surface area contributed by atoms with Gasteiger partial charge in [-0.3, -0.25) is 10.2 Å². The van der Waals surface area contributed by atoms with Gasteiger partial charge in [-0.2, -0.15) is 0 Å². The lowest BCUT2D eigenvalue weighted by atomic mass is 9.87. The lowest BCUT2D eigenvalue weighted by molar-refractivity contribution is -0.127. The molecule has 1 atom stereocenters. The third-order valence-electron chi connectivity index (χ3n) is 4.14. The maximum atomic E-state index is 12.2. The Morgan fingerprint density at radius 2 is 1.66 bits per heavy atom. The molecule has 0 aliphatic heterocycles. The van der Waals surface area contributed by atoms with E-state index >= 15 is 0 Å². The topological polar surface area (TPSA) is 88.7 Å². The molecule has 0 saturated carbocycles. The van der Waals surface area contributed by atoms with Crippen molar-refractivity contribution in [1.82, 2.24) is 10.9 Å². The van der Waals surface area contributed by atoms with Gasteiger partial charge in [0.2, 0.25) is 0 Å². The van der Waals surface area contributed by atoms with Crippen LogP contribution < -0.4 is 25.6 Å². The van der Waals surface area contributed by atoms with Crippen LogP contribution in [0, 0.1) is 0 Å². The van der Waals surface area contributed by atoms with Crippen LogP contribution in [0.4, 0.5) is 10.5 Å². The Morgan fingerprint density at radius 1 is 1.00 bits per heavy atom. The van der Waals surface area contributed by atoms with Crippen molar-refractivity contribution < 1.29 is 19.1 Å². The number of para-hydroxylation sites is 2. The molecule has 156 valence electrons. The van der Waals surface area contributed by atoms with Crippen LogP contribution in [0.2, 0.25) is 0 Å². The van der Waals surface area contributed by atoms with Crippen LogP contribution in [0.3, 0.4) is 0 Å². The average Bonchev–Trinajstić information content (AvgIpc) is 2.67. The van der Waals surface area contributed by atoms with E-state index in [1.54, 1.807) is 25.1 Å². The molecule has 0 aliphatic carbocycles. The fourth-order valence-corrected chi connectivity index (χ4v) is 2.52. The molecule has 0 aromatic heterocycles. The van der Waals surface area contributed by atoms with Crippen LogP contribution in [0.25, 0.3) is 0 Å². The van der Waals surface area contributed by atoms with Crippen molar-refractivity contribution in [2.75, 3.05) is 11.9 Å². The van der Waals surface area contributed by atoms with E-state index in [0.717, 1.165) is 0 Å². The van der Waals surface area contributed by atoms with E-state index in [9.17, 15) is 9.59 Å². The number of benzene rings is 2. The molecule has 0 aliphatic rings. The van der Waals surface area contributed by atoms with E-state index in [1.807, 2.05) is 37.3 Å². The molecule has 2 rings (SSSR count). The Bertz CT molecular complexity index is 829. The summed E-state index contributed by atoms with van der Waals surface area (Å²) in [4.78, 5) is 24.2. The first-order valence-corrected chi connectivity index (χ1v) is 9.56. The molecule has 7 heteroatoms. The predicted molar refractivity (Wildman–Crippen MR) is 113 cm³/mol. The summed E-state index contributed by atoms with van der Waals surface area (Å²) in [6.07, 6.45) is -0.786. The van der Waals surface area contributed by atoms with Gasteiger partial charge in [0, 0.05) is 0 Å². The van der Waals surface area contributed by atoms with Gasteiger partial charge in [-0.1, -0.05) is 45.0 Å². The van der Waals surface area contributed by atoms with E-state index < -0.39 is 18.0 Å². The maximum absolute atomic E-state index is 12.2. The second-order valence-electron chi connectivity index (χ2n) is 7.53. The number of ether oxygens (including phenoxy) is 2. The smallest absolute Gasteiger partial charge is 0.338 e. The highest BCUT2D eigenvalue weighted by Crippen LogP contribution is 2.25. The Balaban J connectivity index is 1.84.